The average molecular weight is 268 g/mol. The molecular weight excluding hydrogens is 250 g/mol. The van der Waals surface area contributed by atoms with Gasteiger partial charge in [0.25, 0.3) is 0 Å². The van der Waals surface area contributed by atoms with Gasteiger partial charge in [0.15, 0.2) is 0 Å². The van der Waals surface area contributed by atoms with E-state index in [9.17, 15) is 9.90 Å². The first-order chi connectivity index (χ1) is 8.56. The van der Waals surface area contributed by atoms with Gasteiger partial charge in [-0.3, -0.25) is 9.69 Å². The minimum Gasteiger partial charge on any atom is -0.392 e. The number of β-amino-alcohol motifs (C(OH)–C–C–N with tert-alkyl or cyclic N) is 1. The Balaban J connectivity index is 2.08. The molecule has 0 amide bonds. The van der Waals surface area contributed by atoms with Crippen molar-refractivity contribution in [3.05, 3.63) is 34.9 Å². The number of hydrogen-bond donors (Lipinski definition) is 1. The Hall–Kier alpha value is -0.900. The molecule has 0 aliphatic carbocycles. The number of aliphatic hydroxyl groups excluding tert-OH is 1. The molecule has 0 saturated carbocycles. The molecule has 1 saturated heterocycles. The number of carbonyl (C=O) groups excluding carboxylic acids is 1. The molecule has 1 aliphatic heterocycles. The third-order valence-electron chi connectivity index (χ3n) is 3.45. The van der Waals surface area contributed by atoms with Gasteiger partial charge in [-0.2, -0.15) is 0 Å². The summed E-state index contributed by atoms with van der Waals surface area (Å²) >= 11 is 5.86. The minimum absolute atomic E-state index is 0.132. The molecule has 1 heterocycles. The first-order valence-electron chi connectivity index (χ1n) is 6.22. The van der Waals surface area contributed by atoms with Gasteiger partial charge in [0.1, 0.15) is 5.78 Å². The Labute approximate surface area is 112 Å². The summed E-state index contributed by atoms with van der Waals surface area (Å²) in [4.78, 5) is 13.9. The number of likely N-dealkylation sites (tertiary alicyclic amines) is 1. The summed E-state index contributed by atoms with van der Waals surface area (Å²) < 4.78 is 0. The molecular formula is C14H18ClNO2. The summed E-state index contributed by atoms with van der Waals surface area (Å²) in [6.45, 7) is 3.82. The van der Waals surface area contributed by atoms with Gasteiger partial charge >= 0.3 is 0 Å². The highest BCUT2D eigenvalue weighted by Crippen LogP contribution is 2.22. The molecule has 1 aliphatic rings. The molecule has 1 aromatic carbocycles. The van der Waals surface area contributed by atoms with Crippen molar-refractivity contribution in [3.63, 3.8) is 0 Å². The maximum absolute atomic E-state index is 11.8. The van der Waals surface area contributed by atoms with Crippen LogP contribution in [-0.4, -0.2) is 41.5 Å². The monoisotopic (exact) mass is 267 g/mol. The highest BCUT2D eigenvalue weighted by Gasteiger charge is 2.25. The number of rotatable bonds is 4. The second-order valence-corrected chi connectivity index (χ2v) is 5.35. The van der Waals surface area contributed by atoms with E-state index < -0.39 is 0 Å². The molecule has 1 fully saturated rings. The Morgan fingerprint density at radius 1 is 1.50 bits per heavy atom. The average Bonchev–Trinajstić information content (AvgIpc) is 2.73. The van der Waals surface area contributed by atoms with Gasteiger partial charge in [-0.15, -0.1) is 0 Å². The van der Waals surface area contributed by atoms with Crippen LogP contribution in [0.4, 0.5) is 0 Å². The molecule has 2 atom stereocenters. The maximum Gasteiger partial charge on any atom is 0.138 e. The molecule has 4 heteroatoms. The van der Waals surface area contributed by atoms with Crippen molar-refractivity contribution < 1.29 is 9.90 Å². The fraction of sp³-hybridized carbons (Fsp3) is 0.500. The number of hydrogen-bond acceptors (Lipinski definition) is 3. The van der Waals surface area contributed by atoms with Crippen LogP contribution in [0.1, 0.15) is 24.8 Å². The SMILES string of the molecule is CC(=O)C(CN1CC[C@@H](O)C1)c1ccc(Cl)cc1. The highest BCUT2D eigenvalue weighted by atomic mass is 35.5. The van der Waals surface area contributed by atoms with E-state index in [4.69, 9.17) is 11.6 Å². The summed E-state index contributed by atoms with van der Waals surface area (Å²) in [5.74, 6) is 0.0197. The number of halogens is 1. The first-order valence-corrected chi connectivity index (χ1v) is 6.60. The maximum atomic E-state index is 11.8. The number of Topliss-reactive ketones (excluding diaryl/α,β-unsaturated/α-hetero) is 1. The highest BCUT2D eigenvalue weighted by molar-refractivity contribution is 6.30. The van der Waals surface area contributed by atoms with E-state index in [1.54, 1.807) is 6.92 Å². The lowest BCUT2D eigenvalue weighted by atomic mass is 9.95. The fourth-order valence-electron chi connectivity index (χ4n) is 2.40. The van der Waals surface area contributed by atoms with Crippen molar-refractivity contribution in [2.75, 3.05) is 19.6 Å². The predicted octanol–water partition coefficient (Wildman–Crippen LogP) is 2.08. The van der Waals surface area contributed by atoms with Gasteiger partial charge in [0.2, 0.25) is 0 Å². The molecule has 0 radical (unpaired) electrons. The Morgan fingerprint density at radius 2 is 2.17 bits per heavy atom. The van der Waals surface area contributed by atoms with Crippen LogP contribution in [0.5, 0.6) is 0 Å². The van der Waals surface area contributed by atoms with E-state index >= 15 is 0 Å². The standard InChI is InChI=1S/C14H18ClNO2/c1-10(17)14(9-16-7-6-13(18)8-16)11-2-4-12(15)5-3-11/h2-5,13-14,18H,6-9H2,1H3/t13-,14?/m1/s1. The number of nitrogens with zero attached hydrogens (tertiary/aromatic N) is 1. The molecule has 0 aromatic heterocycles. The number of ketones is 1. The predicted molar refractivity (Wildman–Crippen MR) is 71.9 cm³/mol. The van der Waals surface area contributed by atoms with Crippen molar-refractivity contribution in [2.24, 2.45) is 0 Å². The van der Waals surface area contributed by atoms with Crippen molar-refractivity contribution in [1.82, 2.24) is 4.90 Å². The van der Waals surface area contributed by atoms with Gasteiger partial charge in [-0.05, 0) is 31.0 Å². The van der Waals surface area contributed by atoms with E-state index in [-0.39, 0.29) is 17.8 Å². The summed E-state index contributed by atoms with van der Waals surface area (Å²) in [6, 6.07) is 7.43. The van der Waals surface area contributed by atoms with Gasteiger partial charge < -0.3 is 5.11 Å². The summed E-state index contributed by atoms with van der Waals surface area (Å²) in [6.07, 6.45) is 0.549. The summed E-state index contributed by atoms with van der Waals surface area (Å²) in [5, 5.41) is 10.2. The first kappa shape index (κ1) is 13.5. The topological polar surface area (TPSA) is 40.5 Å². The van der Waals surface area contributed by atoms with Gasteiger partial charge in [-0.1, -0.05) is 23.7 Å². The van der Waals surface area contributed by atoms with Crippen LogP contribution in [-0.2, 0) is 4.79 Å². The van der Waals surface area contributed by atoms with Crippen molar-refractivity contribution in [3.8, 4) is 0 Å². The number of benzene rings is 1. The molecule has 2 rings (SSSR count). The lowest BCUT2D eigenvalue weighted by molar-refractivity contribution is -0.118. The fourth-order valence-corrected chi connectivity index (χ4v) is 2.53. The summed E-state index contributed by atoms with van der Waals surface area (Å²) in [7, 11) is 0. The lowest BCUT2D eigenvalue weighted by Gasteiger charge is -2.22. The van der Waals surface area contributed by atoms with Gasteiger partial charge in [0.05, 0.1) is 12.0 Å². The molecule has 0 bridgehead atoms. The molecule has 1 N–H and O–H groups in total. The van der Waals surface area contributed by atoms with E-state index in [1.807, 2.05) is 24.3 Å². The van der Waals surface area contributed by atoms with Crippen LogP contribution < -0.4 is 0 Å². The lowest BCUT2D eigenvalue weighted by Crippen LogP contribution is -2.30. The molecule has 18 heavy (non-hydrogen) atoms. The number of carbonyl (C=O) groups is 1. The molecule has 1 aromatic rings. The molecule has 0 spiro atoms. The van der Waals surface area contributed by atoms with Crippen LogP contribution in [0.15, 0.2) is 24.3 Å². The molecule has 3 nitrogen and oxygen atoms in total. The minimum atomic E-state index is -0.247. The second-order valence-electron chi connectivity index (χ2n) is 4.92. The van der Waals surface area contributed by atoms with Crippen molar-refractivity contribution in [2.45, 2.75) is 25.4 Å². The van der Waals surface area contributed by atoms with E-state index in [2.05, 4.69) is 4.90 Å². The van der Waals surface area contributed by atoms with Gasteiger partial charge in [0, 0.05) is 24.7 Å². The zero-order chi connectivity index (χ0) is 13.1. The van der Waals surface area contributed by atoms with Gasteiger partial charge in [-0.25, -0.2) is 0 Å². The van der Waals surface area contributed by atoms with Crippen LogP contribution in [0, 0.1) is 0 Å². The summed E-state index contributed by atoms with van der Waals surface area (Å²) in [5.41, 5.74) is 0.994. The molecule has 98 valence electrons. The smallest absolute Gasteiger partial charge is 0.138 e. The largest absolute Gasteiger partial charge is 0.392 e. The zero-order valence-electron chi connectivity index (χ0n) is 10.5. The number of aliphatic hydroxyl groups is 1. The quantitative estimate of drug-likeness (QED) is 0.908. The van der Waals surface area contributed by atoms with E-state index in [0.717, 1.165) is 18.5 Å². The van der Waals surface area contributed by atoms with Crippen molar-refractivity contribution in [1.29, 1.82) is 0 Å². The third-order valence-corrected chi connectivity index (χ3v) is 3.70. The molecule has 1 unspecified atom stereocenters. The van der Waals surface area contributed by atoms with E-state index in [0.29, 0.717) is 18.1 Å². The zero-order valence-corrected chi connectivity index (χ0v) is 11.2. The Bertz CT molecular complexity index is 418. The normalized spacial score (nSPS) is 22.1. The second kappa shape index (κ2) is 5.83. The van der Waals surface area contributed by atoms with E-state index in [1.165, 1.54) is 0 Å². The van der Waals surface area contributed by atoms with Crippen molar-refractivity contribution >= 4 is 17.4 Å². The Morgan fingerprint density at radius 3 is 2.67 bits per heavy atom. The van der Waals surface area contributed by atoms with Crippen LogP contribution >= 0.6 is 11.6 Å². The van der Waals surface area contributed by atoms with Crippen LogP contribution in [0.25, 0.3) is 0 Å². The van der Waals surface area contributed by atoms with Crippen LogP contribution in [0.2, 0.25) is 5.02 Å². The Kier molecular flexibility index (Phi) is 4.38. The third kappa shape index (κ3) is 3.31. The van der Waals surface area contributed by atoms with Crippen LogP contribution in [0.3, 0.4) is 0 Å².